The Labute approximate surface area is 132 Å². The molecular weight excluding hydrogens is 296 g/mol. The molecule has 8 nitrogen and oxygen atoms in total. The summed E-state index contributed by atoms with van der Waals surface area (Å²) in [7, 11) is 0. The molecule has 0 aliphatic heterocycles. The molecule has 1 aromatic carbocycles. The number of nitrogens with one attached hydrogen (secondary N) is 1. The fourth-order valence-corrected chi connectivity index (χ4v) is 2.30. The molecule has 3 aromatic rings. The average molecular weight is 312 g/mol. The van der Waals surface area contributed by atoms with E-state index in [0.717, 1.165) is 28.4 Å². The van der Waals surface area contributed by atoms with Crippen molar-refractivity contribution < 1.29 is 9.32 Å². The normalized spacial score (nSPS) is 10.7. The van der Waals surface area contributed by atoms with E-state index in [9.17, 15) is 4.79 Å². The number of aryl methyl sites for hydroxylation is 2. The molecule has 0 aliphatic carbocycles. The second-order valence-electron chi connectivity index (χ2n) is 5.15. The third-order valence-corrected chi connectivity index (χ3v) is 3.55. The van der Waals surface area contributed by atoms with Gasteiger partial charge >= 0.3 is 0 Å². The van der Waals surface area contributed by atoms with Crippen LogP contribution in [-0.4, -0.2) is 31.3 Å². The maximum atomic E-state index is 12.0. The first-order chi connectivity index (χ1) is 11.1. The number of rotatable bonds is 5. The molecule has 118 valence electrons. The van der Waals surface area contributed by atoms with Gasteiger partial charge in [-0.15, -0.1) is 5.10 Å². The lowest BCUT2D eigenvalue weighted by Gasteiger charge is -2.06. The summed E-state index contributed by atoms with van der Waals surface area (Å²) in [6.45, 7) is 3.73. The molecule has 3 rings (SSSR count). The Hall–Kier alpha value is -3.03. The molecule has 0 spiro atoms. The summed E-state index contributed by atoms with van der Waals surface area (Å²) in [5, 5.41) is 17.7. The zero-order valence-corrected chi connectivity index (χ0v) is 12.9. The van der Waals surface area contributed by atoms with Gasteiger partial charge in [-0.25, -0.2) is 4.68 Å². The van der Waals surface area contributed by atoms with Crippen LogP contribution < -0.4 is 5.32 Å². The monoisotopic (exact) mass is 312 g/mol. The molecule has 2 aromatic heterocycles. The fourth-order valence-electron chi connectivity index (χ4n) is 2.30. The molecule has 0 aliphatic rings. The number of nitrogens with zero attached hydrogens (tertiary/aromatic N) is 5. The summed E-state index contributed by atoms with van der Waals surface area (Å²) in [5.74, 6) is 0.710. The molecule has 0 saturated carbocycles. The topological polar surface area (TPSA) is 98.7 Å². The number of tetrazole rings is 1. The third-order valence-electron chi connectivity index (χ3n) is 3.55. The summed E-state index contributed by atoms with van der Waals surface area (Å²) in [5.41, 5.74) is 3.38. The van der Waals surface area contributed by atoms with Crippen molar-refractivity contribution in [3.63, 3.8) is 0 Å². The molecule has 0 unspecified atom stereocenters. The van der Waals surface area contributed by atoms with Gasteiger partial charge in [-0.05, 0) is 55.0 Å². The molecule has 1 N–H and O–H groups in total. The molecule has 0 fully saturated rings. The zero-order chi connectivity index (χ0) is 16.2. The Bertz CT molecular complexity index is 772. The van der Waals surface area contributed by atoms with Crippen molar-refractivity contribution in [3.05, 3.63) is 47.6 Å². The van der Waals surface area contributed by atoms with Gasteiger partial charge in [0.15, 0.2) is 0 Å². The van der Waals surface area contributed by atoms with Crippen LogP contribution in [0, 0.1) is 13.8 Å². The van der Waals surface area contributed by atoms with E-state index < -0.39 is 0 Å². The largest absolute Gasteiger partial charge is 0.361 e. The summed E-state index contributed by atoms with van der Waals surface area (Å²) >= 11 is 0. The average Bonchev–Trinajstić information content (AvgIpc) is 3.17. The zero-order valence-electron chi connectivity index (χ0n) is 12.9. The Balaban J connectivity index is 1.58. The lowest BCUT2D eigenvalue weighted by atomic mass is 10.1. The Morgan fingerprint density at radius 3 is 2.65 bits per heavy atom. The minimum absolute atomic E-state index is 0.0554. The molecule has 0 atom stereocenters. The second-order valence-corrected chi connectivity index (χ2v) is 5.15. The Morgan fingerprint density at radius 2 is 2.04 bits per heavy atom. The van der Waals surface area contributed by atoms with Crippen LogP contribution in [0.25, 0.3) is 5.69 Å². The molecule has 0 radical (unpaired) electrons. The van der Waals surface area contributed by atoms with Crippen molar-refractivity contribution in [2.75, 3.05) is 5.32 Å². The quantitative estimate of drug-likeness (QED) is 0.771. The van der Waals surface area contributed by atoms with Crippen LogP contribution in [0.3, 0.4) is 0 Å². The molecular formula is C15H16N6O2. The highest BCUT2D eigenvalue weighted by Gasteiger charge is 2.11. The van der Waals surface area contributed by atoms with Crippen LogP contribution in [0.2, 0.25) is 0 Å². The maximum absolute atomic E-state index is 12.0. The van der Waals surface area contributed by atoms with E-state index in [1.807, 2.05) is 38.1 Å². The first-order valence-electron chi connectivity index (χ1n) is 7.18. The van der Waals surface area contributed by atoms with Crippen molar-refractivity contribution in [1.82, 2.24) is 25.4 Å². The lowest BCUT2D eigenvalue weighted by molar-refractivity contribution is -0.116. The van der Waals surface area contributed by atoms with Crippen molar-refractivity contribution in [2.24, 2.45) is 0 Å². The lowest BCUT2D eigenvalue weighted by Crippen LogP contribution is -2.12. The van der Waals surface area contributed by atoms with Crippen LogP contribution in [0.1, 0.15) is 23.4 Å². The van der Waals surface area contributed by atoms with E-state index in [2.05, 4.69) is 26.0 Å². The molecule has 0 saturated heterocycles. The van der Waals surface area contributed by atoms with E-state index in [-0.39, 0.29) is 5.91 Å². The number of aromatic nitrogens is 5. The number of benzene rings is 1. The summed E-state index contributed by atoms with van der Waals surface area (Å²) in [4.78, 5) is 12.0. The van der Waals surface area contributed by atoms with Crippen LogP contribution in [0.5, 0.6) is 0 Å². The number of carbonyl (C=O) groups excluding carboxylic acids is 1. The number of anilines is 1. The van der Waals surface area contributed by atoms with E-state index in [0.29, 0.717) is 12.8 Å². The van der Waals surface area contributed by atoms with Crippen LogP contribution in [0.4, 0.5) is 5.69 Å². The number of carbonyl (C=O) groups is 1. The second kappa shape index (κ2) is 6.39. The SMILES string of the molecule is Cc1noc(C)c1CCC(=O)Nc1ccc(-n2cnnn2)cc1. The van der Waals surface area contributed by atoms with E-state index >= 15 is 0 Å². The Kier molecular flexibility index (Phi) is 4.13. The highest BCUT2D eigenvalue weighted by Crippen LogP contribution is 2.16. The number of hydrogen-bond donors (Lipinski definition) is 1. The first kappa shape index (κ1) is 14.9. The number of hydrogen-bond acceptors (Lipinski definition) is 6. The van der Waals surface area contributed by atoms with E-state index in [1.165, 1.54) is 6.33 Å². The Morgan fingerprint density at radius 1 is 1.26 bits per heavy atom. The van der Waals surface area contributed by atoms with Gasteiger partial charge in [0.1, 0.15) is 12.1 Å². The summed E-state index contributed by atoms with van der Waals surface area (Å²) in [6, 6.07) is 7.29. The van der Waals surface area contributed by atoms with E-state index in [1.54, 1.807) is 4.68 Å². The number of amides is 1. The maximum Gasteiger partial charge on any atom is 0.224 e. The smallest absolute Gasteiger partial charge is 0.224 e. The molecule has 2 heterocycles. The fraction of sp³-hybridized carbons (Fsp3) is 0.267. The molecule has 8 heteroatoms. The van der Waals surface area contributed by atoms with Gasteiger partial charge in [-0.1, -0.05) is 5.16 Å². The van der Waals surface area contributed by atoms with Gasteiger partial charge in [0.05, 0.1) is 11.4 Å². The van der Waals surface area contributed by atoms with Gasteiger partial charge in [0, 0.05) is 17.7 Å². The van der Waals surface area contributed by atoms with Crippen LogP contribution in [-0.2, 0) is 11.2 Å². The molecule has 23 heavy (non-hydrogen) atoms. The van der Waals surface area contributed by atoms with Crippen molar-refractivity contribution >= 4 is 11.6 Å². The van der Waals surface area contributed by atoms with Gasteiger partial charge in [-0.2, -0.15) is 0 Å². The third kappa shape index (κ3) is 3.42. The predicted octanol–water partition coefficient (Wildman–Crippen LogP) is 1.84. The minimum Gasteiger partial charge on any atom is -0.361 e. The predicted molar refractivity (Wildman–Crippen MR) is 82.1 cm³/mol. The van der Waals surface area contributed by atoms with Gasteiger partial charge in [0.25, 0.3) is 0 Å². The minimum atomic E-state index is -0.0554. The van der Waals surface area contributed by atoms with Crippen LogP contribution in [0.15, 0.2) is 35.1 Å². The molecule has 0 bridgehead atoms. The van der Waals surface area contributed by atoms with Gasteiger partial charge < -0.3 is 9.84 Å². The highest BCUT2D eigenvalue weighted by atomic mass is 16.5. The highest BCUT2D eigenvalue weighted by molar-refractivity contribution is 5.90. The first-order valence-corrected chi connectivity index (χ1v) is 7.18. The van der Waals surface area contributed by atoms with Crippen LogP contribution >= 0.6 is 0 Å². The van der Waals surface area contributed by atoms with E-state index in [4.69, 9.17) is 4.52 Å². The van der Waals surface area contributed by atoms with Gasteiger partial charge in [0.2, 0.25) is 5.91 Å². The summed E-state index contributed by atoms with van der Waals surface area (Å²) < 4.78 is 6.64. The summed E-state index contributed by atoms with van der Waals surface area (Å²) in [6.07, 6.45) is 2.49. The van der Waals surface area contributed by atoms with Crippen molar-refractivity contribution in [3.8, 4) is 5.69 Å². The molecule has 1 amide bonds. The standard InChI is InChI=1S/C15H16N6O2/c1-10-14(11(2)23-18-10)7-8-15(22)17-12-3-5-13(6-4-12)21-9-16-19-20-21/h3-6,9H,7-8H2,1-2H3,(H,17,22). The van der Waals surface area contributed by atoms with Gasteiger partial charge in [-0.3, -0.25) is 4.79 Å². The van der Waals surface area contributed by atoms with Crippen molar-refractivity contribution in [2.45, 2.75) is 26.7 Å². The van der Waals surface area contributed by atoms with Crippen molar-refractivity contribution in [1.29, 1.82) is 0 Å².